The van der Waals surface area contributed by atoms with Gasteiger partial charge in [-0.05, 0) is 82.5 Å². The van der Waals surface area contributed by atoms with Crippen LogP contribution in [0.15, 0.2) is 24.3 Å². The van der Waals surface area contributed by atoms with Crippen molar-refractivity contribution in [1.29, 1.82) is 5.41 Å². The van der Waals surface area contributed by atoms with E-state index in [9.17, 15) is 19.5 Å². The van der Waals surface area contributed by atoms with Crippen LogP contribution in [0.5, 0.6) is 0 Å². The molecule has 0 heterocycles. The Labute approximate surface area is 343 Å². The first-order valence-electron chi connectivity index (χ1n) is 23.5. The lowest BCUT2D eigenvalue weighted by Gasteiger charge is -2.27. The molecule has 0 aromatic rings. The lowest BCUT2D eigenvalue weighted by molar-refractivity contribution is -0.155. The second-order valence-electron chi connectivity index (χ2n) is 16.8. The molecule has 56 heavy (non-hydrogen) atoms. The maximum atomic E-state index is 13.1. The number of carbonyl (C=O) groups is 3. The molecule has 1 atom stereocenters. The molecule has 1 unspecified atom stereocenters. The van der Waals surface area contributed by atoms with E-state index in [0.717, 1.165) is 64.2 Å². The van der Waals surface area contributed by atoms with Gasteiger partial charge in [0.05, 0.1) is 19.4 Å². The molecular formula is C48H86N2O6. The number of unbranched alkanes of at least 4 members (excludes halogenated alkanes) is 22. The fourth-order valence-electron chi connectivity index (χ4n) is 7.82. The SMILES string of the molecule is CCCCCCCC/C=C\CCCCCCCC(=N)OCC(CNC(=O)CCCCCCC/C=C\CCCCCCCC)OC(=O)CC1(CC(=O)O)CCCC1. The monoisotopic (exact) mass is 787 g/mol. The van der Waals surface area contributed by atoms with Crippen molar-refractivity contribution in [2.24, 2.45) is 5.41 Å². The second kappa shape index (κ2) is 36.7. The molecule has 1 aliphatic rings. The molecule has 0 saturated heterocycles. The van der Waals surface area contributed by atoms with Crippen molar-refractivity contribution < 1.29 is 29.0 Å². The summed E-state index contributed by atoms with van der Waals surface area (Å²) in [6, 6.07) is 0. The summed E-state index contributed by atoms with van der Waals surface area (Å²) in [6.45, 7) is 4.62. The van der Waals surface area contributed by atoms with E-state index < -0.39 is 23.5 Å². The van der Waals surface area contributed by atoms with Crippen molar-refractivity contribution >= 4 is 23.7 Å². The van der Waals surface area contributed by atoms with Crippen LogP contribution in [0.4, 0.5) is 0 Å². The molecule has 1 amide bonds. The van der Waals surface area contributed by atoms with Gasteiger partial charge in [-0.2, -0.15) is 0 Å². The van der Waals surface area contributed by atoms with Gasteiger partial charge in [-0.25, -0.2) is 0 Å². The van der Waals surface area contributed by atoms with Gasteiger partial charge in [0.1, 0.15) is 6.61 Å². The molecule has 8 heteroatoms. The van der Waals surface area contributed by atoms with Gasteiger partial charge < -0.3 is 19.9 Å². The maximum Gasteiger partial charge on any atom is 0.306 e. The Bertz CT molecular complexity index is 994. The van der Waals surface area contributed by atoms with Crippen LogP contribution < -0.4 is 5.32 Å². The summed E-state index contributed by atoms with van der Waals surface area (Å²) in [4.78, 5) is 37.4. The summed E-state index contributed by atoms with van der Waals surface area (Å²) in [5.41, 5.74) is -0.571. The number of hydrogen-bond acceptors (Lipinski definition) is 6. The first-order valence-corrected chi connectivity index (χ1v) is 23.5. The standard InChI is InChI=1S/C48H86N2O6/c1-3-5-7-9-11-13-15-17-19-21-23-25-27-29-31-35-44(49)55-42-43(56-47(54)40-48(39-46(52)53)37-33-34-38-48)41-50-45(51)36-32-30-28-26-24-22-20-18-16-14-12-10-8-6-4-2/h17-20,43,49H,3-16,21-42H2,1-2H3,(H,50,51)(H,52,53)/b19-17-,20-18-,49-44?. The molecule has 1 fully saturated rings. The molecule has 0 aromatic carbocycles. The van der Waals surface area contributed by atoms with E-state index in [2.05, 4.69) is 43.5 Å². The Morgan fingerprint density at radius 1 is 0.625 bits per heavy atom. The van der Waals surface area contributed by atoms with E-state index in [4.69, 9.17) is 14.9 Å². The summed E-state index contributed by atoms with van der Waals surface area (Å²) in [6.07, 6.45) is 44.3. The van der Waals surface area contributed by atoms with Crippen LogP contribution in [-0.2, 0) is 23.9 Å². The Kier molecular flexibility index (Phi) is 33.7. The highest BCUT2D eigenvalue weighted by atomic mass is 16.6. The van der Waals surface area contributed by atoms with E-state index in [-0.39, 0.29) is 37.8 Å². The Morgan fingerprint density at radius 2 is 1.05 bits per heavy atom. The smallest absolute Gasteiger partial charge is 0.306 e. The van der Waals surface area contributed by atoms with Crippen molar-refractivity contribution in [1.82, 2.24) is 5.32 Å². The average Bonchev–Trinajstić information content (AvgIpc) is 3.62. The molecule has 1 aliphatic carbocycles. The molecule has 1 saturated carbocycles. The van der Waals surface area contributed by atoms with Gasteiger partial charge in [0, 0.05) is 12.8 Å². The van der Waals surface area contributed by atoms with Gasteiger partial charge in [-0.1, -0.05) is 154 Å². The molecule has 0 spiro atoms. The van der Waals surface area contributed by atoms with Gasteiger partial charge in [0.2, 0.25) is 5.91 Å². The van der Waals surface area contributed by atoms with Gasteiger partial charge in [-0.3, -0.25) is 19.8 Å². The van der Waals surface area contributed by atoms with E-state index in [0.29, 0.717) is 25.7 Å². The number of allylic oxidation sites excluding steroid dienone is 4. The fraction of sp³-hybridized carbons (Fsp3) is 0.833. The number of carboxylic acids is 1. The van der Waals surface area contributed by atoms with Crippen LogP contribution in [0.2, 0.25) is 0 Å². The summed E-state index contributed by atoms with van der Waals surface area (Å²) < 4.78 is 11.6. The highest BCUT2D eigenvalue weighted by molar-refractivity contribution is 5.76. The molecule has 1 rings (SSSR count). The highest BCUT2D eigenvalue weighted by Crippen LogP contribution is 2.44. The van der Waals surface area contributed by atoms with Crippen LogP contribution in [-0.4, -0.2) is 48.1 Å². The van der Waals surface area contributed by atoms with Crippen LogP contribution in [0.1, 0.15) is 232 Å². The third kappa shape index (κ3) is 31.4. The number of nitrogens with one attached hydrogen (secondary N) is 2. The quantitative estimate of drug-likeness (QED) is 0.0187. The normalized spacial score (nSPS) is 14.4. The fourth-order valence-corrected chi connectivity index (χ4v) is 7.82. The number of rotatable bonds is 39. The Balaban J connectivity index is 2.34. The predicted octanol–water partition coefficient (Wildman–Crippen LogP) is 13.5. The zero-order valence-corrected chi connectivity index (χ0v) is 36.3. The average molecular weight is 787 g/mol. The maximum absolute atomic E-state index is 13.1. The number of hydrogen-bond donors (Lipinski definition) is 3. The number of esters is 1. The van der Waals surface area contributed by atoms with Crippen molar-refractivity contribution in [2.75, 3.05) is 13.2 Å². The molecular weight excluding hydrogens is 701 g/mol. The molecule has 8 nitrogen and oxygen atoms in total. The van der Waals surface area contributed by atoms with Crippen LogP contribution in [0.3, 0.4) is 0 Å². The lowest BCUT2D eigenvalue weighted by atomic mass is 9.79. The topological polar surface area (TPSA) is 126 Å². The van der Waals surface area contributed by atoms with Crippen LogP contribution in [0.25, 0.3) is 0 Å². The summed E-state index contributed by atoms with van der Waals surface area (Å²) in [7, 11) is 0. The van der Waals surface area contributed by atoms with E-state index in [1.807, 2.05) is 0 Å². The van der Waals surface area contributed by atoms with Crippen LogP contribution in [0, 0.1) is 10.8 Å². The van der Waals surface area contributed by atoms with Crippen molar-refractivity contribution in [3.63, 3.8) is 0 Å². The van der Waals surface area contributed by atoms with E-state index in [1.54, 1.807) is 0 Å². The second-order valence-corrected chi connectivity index (χ2v) is 16.8. The minimum Gasteiger partial charge on any atom is -0.481 e. The Hall–Kier alpha value is -2.64. The van der Waals surface area contributed by atoms with Crippen molar-refractivity contribution in [3.05, 3.63) is 24.3 Å². The molecule has 0 aromatic heterocycles. The van der Waals surface area contributed by atoms with Crippen molar-refractivity contribution in [2.45, 2.75) is 238 Å². The highest BCUT2D eigenvalue weighted by Gasteiger charge is 2.39. The first-order chi connectivity index (χ1) is 27.3. The van der Waals surface area contributed by atoms with E-state index >= 15 is 0 Å². The molecule has 324 valence electrons. The molecule has 3 N–H and O–H groups in total. The largest absolute Gasteiger partial charge is 0.481 e. The van der Waals surface area contributed by atoms with Gasteiger partial charge in [0.15, 0.2) is 12.0 Å². The first kappa shape index (κ1) is 51.4. The van der Waals surface area contributed by atoms with E-state index in [1.165, 1.54) is 116 Å². The molecule has 0 bridgehead atoms. The van der Waals surface area contributed by atoms with Crippen LogP contribution >= 0.6 is 0 Å². The number of carbonyl (C=O) groups excluding carboxylic acids is 2. The summed E-state index contributed by atoms with van der Waals surface area (Å²) >= 11 is 0. The number of aliphatic carboxylic acids is 1. The minimum atomic E-state index is -0.897. The number of amides is 1. The lowest BCUT2D eigenvalue weighted by Crippen LogP contribution is -2.39. The molecule has 0 aliphatic heterocycles. The van der Waals surface area contributed by atoms with Gasteiger partial charge in [0.25, 0.3) is 0 Å². The third-order valence-corrected chi connectivity index (χ3v) is 11.3. The number of ether oxygens (including phenoxy) is 2. The third-order valence-electron chi connectivity index (χ3n) is 11.3. The number of carboxylic acid groups (broad SMARTS) is 1. The molecule has 0 radical (unpaired) electrons. The predicted molar refractivity (Wildman–Crippen MR) is 233 cm³/mol. The van der Waals surface area contributed by atoms with Crippen molar-refractivity contribution in [3.8, 4) is 0 Å². The zero-order valence-electron chi connectivity index (χ0n) is 36.3. The van der Waals surface area contributed by atoms with Gasteiger partial charge >= 0.3 is 11.9 Å². The summed E-state index contributed by atoms with van der Waals surface area (Å²) in [5, 5.41) is 20.8. The minimum absolute atomic E-state index is 0.00470. The Morgan fingerprint density at radius 3 is 1.52 bits per heavy atom. The summed E-state index contributed by atoms with van der Waals surface area (Å²) in [5.74, 6) is -1.27. The van der Waals surface area contributed by atoms with Gasteiger partial charge in [-0.15, -0.1) is 0 Å². The zero-order chi connectivity index (χ0) is 40.8.